The molecular formula is C13H18N2O4. The van der Waals surface area contributed by atoms with Gasteiger partial charge in [0.15, 0.2) is 5.58 Å². The minimum atomic E-state index is -0.511. The number of ether oxygens (including phenoxy) is 2. The maximum Gasteiger partial charge on any atom is 0.417 e. The number of rotatable bonds is 4. The lowest BCUT2D eigenvalue weighted by molar-refractivity contribution is -0.0161. The maximum absolute atomic E-state index is 11.1. The van der Waals surface area contributed by atoms with Crippen LogP contribution in [0, 0.1) is 0 Å². The second-order valence-electron chi connectivity index (χ2n) is 5.21. The third-order valence-electron chi connectivity index (χ3n) is 2.43. The van der Waals surface area contributed by atoms with Gasteiger partial charge in [0.25, 0.3) is 0 Å². The number of benzene rings is 1. The van der Waals surface area contributed by atoms with E-state index in [0.717, 1.165) is 0 Å². The van der Waals surface area contributed by atoms with Crippen LogP contribution in [0.15, 0.2) is 21.3 Å². The molecule has 1 aromatic heterocycles. The third kappa shape index (κ3) is 3.51. The molecule has 3 N–H and O–H groups in total. The molecule has 0 aliphatic heterocycles. The monoisotopic (exact) mass is 266 g/mol. The summed E-state index contributed by atoms with van der Waals surface area (Å²) in [5.41, 5.74) is 7.02. The Balaban J connectivity index is 2.04. The zero-order valence-corrected chi connectivity index (χ0v) is 11.3. The highest BCUT2D eigenvalue weighted by Gasteiger charge is 2.11. The number of fused-ring (bicyclic) bond motifs is 1. The van der Waals surface area contributed by atoms with Crippen LogP contribution in [0.4, 0.5) is 5.69 Å². The number of nitrogens with one attached hydrogen (secondary N) is 1. The van der Waals surface area contributed by atoms with E-state index >= 15 is 0 Å². The summed E-state index contributed by atoms with van der Waals surface area (Å²) in [7, 11) is 0. The van der Waals surface area contributed by atoms with Crippen LogP contribution in [0.2, 0.25) is 0 Å². The lowest BCUT2D eigenvalue weighted by atomic mass is 10.2. The first kappa shape index (κ1) is 13.5. The second kappa shape index (κ2) is 4.97. The van der Waals surface area contributed by atoms with Crippen molar-refractivity contribution in [3.63, 3.8) is 0 Å². The van der Waals surface area contributed by atoms with Crippen LogP contribution in [0.5, 0.6) is 5.75 Å². The van der Waals surface area contributed by atoms with E-state index < -0.39 is 5.76 Å². The SMILES string of the molecule is CC(C)(C)OCCOc1cc2[nH]c(=O)oc2cc1N. The Morgan fingerprint density at radius 3 is 2.74 bits per heavy atom. The molecule has 1 heterocycles. The van der Waals surface area contributed by atoms with Crippen LogP contribution in [0.1, 0.15) is 20.8 Å². The summed E-state index contributed by atoms with van der Waals surface area (Å²) in [4.78, 5) is 13.6. The van der Waals surface area contributed by atoms with Crippen LogP contribution in [0.25, 0.3) is 11.1 Å². The fraction of sp³-hybridized carbons (Fsp3) is 0.462. The molecule has 0 spiro atoms. The lowest BCUT2D eigenvalue weighted by Gasteiger charge is -2.19. The summed E-state index contributed by atoms with van der Waals surface area (Å²) >= 11 is 0. The normalized spacial score (nSPS) is 11.9. The summed E-state index contributed by atoms with van der Waals surface area (Å²) in [5.74, 6) is -0.00956. The minimum absolute atomic E-state index is 0.200. The summed E-state index contributed by atoms with van der Waals surface area (Å²) in [6.45, 7) is 6.77. The van der Waals surface area contributed by atoms with Gasteiger partial charge in [0.1, 0.15) is 12.4 Å². The number of anilines is 1. The van der Waals surface area contributed by atoms with Gasteiger partial charge in [0.2, 0.25) is 0 Å². The quantitative estimate of drug-likeness (QED) is 0.651. The van der Waals surface area contributed by atoms with E-state index in [1.807, 2.05) is 20.8 Å². The van der Waals surface area contributed by atoms with E-state index in [1.54, 1.807) is 12.1 Å². The van der Waals surface area contributed by atoms with Crippen LogP contribution < -0.4 is 16.2 Å². The molecule has 0 fully saturated rings. The number of oxazole rings is 1. The van der Waals surface area contributed by atoms with Crippen molar-refractivity contribution in [2.45, 2.75) is 26.4 Å². The molecule has 104 valence electrons. The number of nitrogens with two attached hydrogens (primary N) is 1. The van der Waals surface area contributed by atoms with Crippen LogP contribution in [-0.2, 0) is 4.74 Å². The molecule has 0 saturated heterocycles. The van der Waals surface area contributed by atoms with E-state index in [0.29, 0.717) is 35.8 Å². The molecule has 0 aliphatic carbocycles. The Hall–Kier alpha value is -1.95. The molecule has 2 rings (SSSR count). The van der Waals surface area contributed by atoms with Gasteiger partial charge in [0, 0.05) is 12.1 Å². The number of hydrogen-bond donors (Lipinski definition) is 2. The first-order chi connectivity index (χ1) is 8.85. The van der Waals surface area contributed by atoms with Crippen molar-refractivity contribution < 1.29 is 13.9 Å². The third-order valence-corrected chi connectivity index (χ3v) is 2.43. The van der Waals surface area contributed by atoms with E-state index in [1.165, 1.54) is 0 Å². The minimum Gasteiger partial charge on any atom is -0.489 e. The second-order valence-corrected chi connectivity index (χ2v) is 5.21. The van der Waals surface area contributed by atoms with E-state index in [4.69, 9.17) is 19.6 Å². The van der Waals surface area contributed by atoms with Crippen molar-refractivity contribution in [2.75, 3.05) is 18.9 Å². The van der Waals surface area contributed by atoms with Gasteiger partial charge < -0.3 is 19.6 Å². The fourth-order valence-corrected chi connectivity index (χ4v) is 1.62. The van der Waals surface area contributed by atoms with E-state index in [2.05, 4.69) is 4.98 Å². The number of nitrogen functional groups attached to an aromatic ring is 1. The molecule has 19 heavy (non-hydrogen) atoms. The van der Waals surface area contributed by atoms with Gasteiger partial charge >= 0.3 is 5.76 Å². The van der Waals surface area contributed by atoms with Gasteiger partial charge in [-0.1, -0.05) is 0 Å². The molecule has 0 aliphatic rings. The molecule has 1 aromatic carbocycles. The summed E-state index contributed by atoms with van der Waals surface area (Å²) in [5, 5.41) is 0. The Morgan fingerprint density at radius 2 is 2.05 bits per heavy atom. The van der Waals surface area contributed by atoms with Crippen molar-refractivity contribution in [1.82, 2.24) is 4.98 Å². The average Bonchev–Trinajstić information content (AvgIpc) is 2.62. The largest absolute Gasteiger partial charge is 0.489 e. The molecule has 6 heteroatoms. The fourth-order valence-electron chi connectivity index (χ4n) is 1.62. The predicted octanol–water partition coefficient (Wildman–Crippen LogP) is 1.90. The summed E-state index contributed by atoms with van der Waals surface area (Å²) in [6, 6.07) is 3.21. The number of aromatic nitrogens is 1. The highest BCUT2D eigenvalue weighted by Crippen LogP contribution is 2.26. The van der Waals surface area contributed by atoms with Gasteiger partial charge in [-0.05, 0) is 20.8 Å². The first-order valence-electron chi connectivity index (χ1n) is 6.04. The van der Waals surface area contributed by atoms with Gasteiger partial charge in [-0.2, -0.15) is 0 Å². The van der Waals surface area contributed by atoms with Crippen molar-refractivity contribution >= 4 is 16.8 Å². The molecule has 0 unspecified atom stereocenters. The highest BCUT2D eigenvalue weighted by atomic mass is 16.5. The number of aromatic amines is 1. The Morgan fingerprint density at radius 1 is 1.32 bits per heavy atom. The van der Waals surface area contributed by atoms with Crippen molar-refractivity contribution in [2.24, 2.45) is 0 Å². The first-order valence-corrected chi connectivity index (χ1v) is 6.04. The van der Waals surface area contributed by atoms with Crippen molar-refractivity contribution in [3.05, 3.63) is 22.7 Å². The Labute approximate surface area is 110 Å². The van der Waals surface area contributed by atoms with Gasteiger partial charge in [-0.25, -0.2) is 4.79 Å². The standard InChI is InChI=1S/C13H18N2O4/c1-13(2,3)18-5-4-17-10-7-9-11(6-8(10)14)19-12(16)15-9/h6-7H,4-5,14H2,1-3H3,(H,15,16). The molecule has 0 bridgehead atoms. The predicted molar refractivity (Wildman–Crippen MR) is 72.4 cm³/mol. The van der Waals surface area contributed by atoms with Gasteiger partial charge in [-0.15, -0.1) is 0 Å². The Bertz CT molecular complexity index is 622. The average molecular weight is 266 g/mol. The zero-order chi connectivity index (χ0) is 14.0. The summed E-state index contributed by atoms with van der Waals surface area (Å²) < 4.78 is 16.0. The maximum atomic E-state index is 11.1. The molecule has 0 atom stereocenters. The Kier molecular flexibility index (Phi) is 3.53. The summed E-state index contributed by atoms with van der Waals surface area (Å²) in [6.07, 6.45) is 0. The van der Waals surface area contributed by atoms with Crippen LogP contribution in [0.3, 0.4) is 0 Å². The van der Waals surface area contributed by atoms with Crippen LogP contribution >= 0.6 is 0 Å². The molecule has 2 aromatic rings. The van der Waals surface area contributed by atoms with Crippen molar-refractivity contribution in [1.29, 1.82) is 0 Å². The van der Waals surface area contributed by atoms with Crippen molar-refractivity contribution in [3.8, 4) is 5.75 Å². The lowest BCUT2D eigenvalue weighted by Crippen LogP contribution is -2.22. The van der Waals surface area contributed by atoms with Crippen LogP contribution in [-0.4, -0.2) is 23.8 Å². The molecule has 0 saturated carbocycles. The topological polar surface area (TPSA) is 90.5 Å². The highest BCUT2D eigenvalue weighted by molar-refractivity contribution is 5.80. The number of hydrogen-bond acceptors (Lipinski definition) is 5. The van der Waals surface area contributed by atoms with Gasteiger partial charge in [0.05, 0.1) is 23.4 Å². The number of H-pyrrole nitrogens is 1. The zero-order valence-electron chi connectivity index (χ0n) is 11.3. The molecular weight excluding hydrogens is 248 g/mol. The van der Waals surface area contributed by atoms with Gasteiger partial charge in [-0.3, -0.25) is 4.98 Å². The molecule has 0 amide bonds. The smallest absolute Gasteiger partial charge is 0.417 e. The molecule has 0 radical (unpaired) electrons. The molecule has 6 nitrogen and oxygen atoms in total. The van der Waals surface area contributed by atoms with E-state index in [9.17, 15) is 4.79 Å². The van der Waals surface area contributed by atoms with E-state index in [-0.39, 0.29) is 5.60 Å².